The van der Waals surface area contributed by atoms with Crippen molar-refractivity contribution in [3.63, 3.8) is 0 Å². The third-order valence-electron chi connectivity index (χ3n) is 13.7. The lowest BCUT2D eigenvalue weighted by Crippen LogP contribution is -2.45. The van der Waals surface area contributed by atoms with Crippen molar-refractivity contribution >= 4 is 5.91 Å². The Morgan fingerprint density at radius 2 is 0.627 bits per heavy atom. The Kier molecular flexibility index (Phi) is 56.7. The molecule has 0 radical (unpaired) electrons. The van der Waals surface area contributed by atoms with Crippen LogP contribution in [0.15, 0.2) is 60.8 Å². The van der Waals surface area contributed by atoms with E-state index in [2.05, 4.69) is 67.8 Å². The molecular weight excluding hydrogens is 819 g/mol. The summed E-state index contributed by atoms with van der Waals surface area (Å²) in [7, 11) is 0. The Balaban J connectivity index is 3.48. The Bertz CT molecular complexity index is 1110. The van der Waals surface area contributed by atoms with Crippen molar-refractivity contribution < 1.29 is 15.0 Å². The highest BCUT2D eigenvalue weighted by molar-refractivity contribution is 5.76. The van der Waals surface area contributed by atoms with Gasteiger partial charge in [0.2, 0.25) is 5.91 Å². The first kappa shape index (κ1) is 65.1. The first-order valence-electron chi connectivity index (χ1n) is 30.0. The second-order valence-electron chi connectivity index (χ2n) is 20.4. The SMILES string of the molecule is CCCCCCC/C=C\C/C=C\C/C=C\CCCCCCCCCCCCCCCCCCCCCCC(=O)NC(CO)C(O)/C=C/CC/C=C/CCCCCCCCCCCCCCCC. The first-order chi connectivity index (χ1) is 33.2. The molecule has 3 N–H and O–H groups in total. The molecule has 0 aliphatic carbocycles. The van der Waals surface area contributed by atoms with Crippen molar-refractivity contribution in [2.75, 3.05) is 6.61 Å². The summed E-state index contributed by atoms with van der Waals surface area (Å²) in [5, 5.41) is 23.2. The summed E-state index contributed by atoms with van der Waals surface area (Å²) in [4.78, 5) is 12.5. The van der Waals surface area contributed by atoms with Gasteiger partial charge in [0.25, 0.3) is 0 Å². The summed E-state index contributed by atoms with van der Waals surface area (Å²) in [5.41, 5.74) is 0. The van der Waals surface area contributed by atoms with Crippen molar-refractivity contribution in [2.45, 2.75) is 328 Å². The van der Waals surface area contributed by atoms with E-state index >= 15 is 0 Å². The van der Waals surface area contributed by atoms with Gasteiger partial charge in [-0.2, -0.15) is 0 Å². The molecule has 0 aromatic rings. The second kappa shape index (κ2) is 58.4. The molecule has 0 saturated heterocycles. The van der Waals surface area contributed by atoms with Crippen LogP contribution in [0.25, 0.3) is 0 Å². The highest BCUT2D eigenvalue weighted by Crippen LogP contribution is 2.17. The maximum Gasteiger partial charge on any atom is 0.220 e. The first-order valence-corrected chi connectivity index (χ1v) is 30.0. The molecule has 0 aromatic carbocycles. The molecule has 0 fully saturated rings. The van der Waals surface area contributed by atoms with Crippen LogP contribution in [0.5, 0.6) is 0 Å². The smallest absolute Gasteiger partial charge is 0.220 e. The van der Waals surface area contributed by atoms with Gasteiger partial charge in [0.15, 0.2) is 0 Å². The van der Waals surface area contributed by atoms with Gasteiger partial charge in [-0.05, 0) is 70.6 Å². The Morgan fingerprint density at radius 1 is 0.358 bits per heavy atom. The Morgan fingerprint density at radius 3 is 0.970 bits per heavy atom. The molecule has 0 heterocycles. The fourth-order valence-corrected chi connectivity index (χ4v) is 9.15. The number of aliphatic hydroxyl groups is 2. The van der Waals surface area contributed by atoms with E-state index in [0.29, 0.717) is 6.42 Å². The zero-order chi connectivity index (χ0) is 48.5. The van der Waals surface area contributed by atoms with Crippen molar-refractivity contribution in [3.8, 4) is 0 Å². The number of nitrogens with one attached hydrogen (secondary N) is 1. The summed E-state index contributed by atoms with van der Waals surface area (Å²) < 4.78 is 0. The van der Waals surface area contributed by atoms with E-state index in [9.17, 15) is 15.0 Å². The molecule has 1 amide bonds. The number of hydrogen-bond donors (Lipinski definition) is 3. The van der Waals surface area contributed by atoms with Gasteiger partial charge >= 0.3 is 0 Å². The molecule has 67 heavy (non-hydrogen) atoms. The lowest BCUT2D eigenvalue weighted by atomic mass is 10.0. The maximum atomic E-state index is 12.5. The minimum absolute atomic E-state index is 0.0698. The molecule has 0 bridgehead atoms. The molecule has 2 unspecified atom stereocenters. The van der Waals surface area contributed by atoms with Crippen LogP contribution < -0.4 is 5.32 Å². The van der Waals surface area contributed by atoms with Crippen LogP contribution in [0.3, 0.4) is 0 Å². The van der Waals surface area contributed by atoms with Gasteiger partial charge in [0.1, 0.15) is 0 Å². The second-order valence-corrected chi connectivity index (χ2v) is 20.4. The van der Waals surface area contributed by atoms with E-state index in [1.165, 1.54) is 250 Å². The minimum Gasteiger partial charge on any atom is -0.394 e. The topological polar surface area (TPSA) is 69.6 Å². The van der Waals surface area contributed by atoms with E-state index in [-0.39, 0.29) is 12.5 Å². The third-order valence-corrected chi connectivity index (χ3v) is 13.7. The monoisotopic (exact) mass is 936 g/mol. The summed E-state index contributed by atoms with van der Waals surface area (Å²) in [5.74, 6) is -0.0698. The maximum absolute atomic E-state index is 12.5. The number of rotatable bonds is 55. The summed E-state index contributed by atoms with van der Waals surface area (Å²) in [6, 6.07) is -0.640. The van der Waals surface area contributed by atoms with E-state index < -0.39 is 12.1 Å². The molecule has 0 saturated carbocycles. The fraction of sp³-hybridized carbons (Fsp3) is 0.825. The van der Waals surface area contributed by atoms with Crippen molar-refractivity contribution in [1.82, 2.24) is 5.32 Å². The number of unbranched alkanes of at least 4 members (excludes halogenated alkanes) is 40. The van der Waals surface area contributed by atoms with Crippen LogP contribution >= 0.6 is 0 Å². The molecule has 2 atom stereocenters. The molecule has 0 aromatic heterocycles. The molecule has 0 spiro atoms. The number of aliphatic hydroxyl groups excluding tert-OH is 2. The normalized spacial score (nSPS) is 13.2. The number of carbonyl (C=O) groups excluding carboxylic acids is 1. The van der Waals surface area contributed by atoms with Gasteiger partial charge in [-0.3, -0.25) is 4.79 Å². The van der Waals surface area contributed by atoms with Crippen LogP contribution in [0.2, 0.25) is 0 Å². The highest BCUT2D eigenvalue weighted by atomic mass is 16.3. The summed E-state index contributed by atoms with van der Waals surface area (Å²) in [6.45, 7) is 4.31. The molecule has 4 heteroatoms. The van der Waals surface area contributed by atoms with Crippen LogP contribution in [0, 0.1) is 0 Å². The van der Waals surface area contributed by atoms with E-state index in [0.717, 1.165) is 44.9 Å². The summed E-state index contributed by atoms with van der Waals surface area (Å²) in [6.07, 6.45) is 82.6. The van der Waals surface area contributed by atoms with Crippen LogP contribution in [-0.4, -0.2) is 34.9 Å². The average molecular weight is 937 g/mol. The number of allylic oxidation sites excluding steroid dienone is 9. The predicted molar refractivity (Wildman–Crippen MR) is 299 cm³/mol. The van der Waals surface area contributed by atoms with Crippen molar-refractivity contribution in [1.29, 1.82) is 0 Å². The van der Waals surface area contributed by atoms with Crippen LogP contribution in [0.1, 0.15) is 316 Å². The van der Waals surface area contributed by atoms with Gasteiger partial charge in [-0.15, -0.1) is 0 Å². The largest absolute Gasteiger partial charge is 0.394 e. The van der Waals surface area contributed by atoms with Crippen molar-refractivity contribution in [3.05, 3.63) is 60.8 Å². The minimum atomic E-state index is -0.863. The van der Waals surface area contributed by atoms with E-state index in [1.807, 2.05) is 6.08 Å². The lowest BCUT2D eigenvalue weighted by Gasteiger charge is -2.19. The van der Waals surface area contributed by atoms with Gasteiger partial charge in [0, 0.05) is 6.42 Å². The third kappa shape index (κ3) is 54.9. The van der Waals surface area contributed by atoms with Gasteiger partial charge < -0.3 is 15.5 Å². The zero-order valence-electron chi connectivity index (χ0n) is 45.2. The van der Waals surface area contributed by atoms with E-state index in [1.54, 1.807) is 6.08 Å². The van der Waals surface area contributed by atoms with Gasteiger partial charge in [-0.1, -0.05) is 299 Å². The number of hydrogen-bond acceptors (Lipinski definition) is 3. The average Bonchev–Trinajstić information content (AvgIpc) is 3.33. The highest BCUT2D eigenvalue weighted by Gasteiger charge is 2.18. The summed E-state index contributed by atoms with van der Waals surface area (Å²) >= 11 is 0. The van der Waals surface area contributed by atoms with Crippen LogP contribution in [-0.2, 0) is 4.79 Å². The quantitative estimate of drug-likeness (QED) is 0.0420. The molecule has 0 rings (SSSR count). The molecule has 4 nitrogen and oxygen atoms in total. The molecule has 0 aliphatic heterocycles. The fourth-order valence-electron chi connectivity index (χ4n) is 9.15. The molecule has 392 valence electrons. The Labute approximate surface area is 419 Å². The zero-order valence-corrected chi connectivity index (χ0v) is 45.2. The number of carbonyl (C=O) groups is 1. The Hall–Kier alpha value is -1.91. The van der Waals surface area contributed by atoms with E-state index in [4.69, 9.17) is 0 Å². The van der Waals surface area contributed by atoms with Gasteiger partial charge in [-0.25, -0.2) is 0 Å². The lowest BCUT2D eigenvalue weighted by molar-refractivity contribution is -0.123. The number of amides is 1. The van der Waals surface area contributed by atoms with Gasteiger partial charge in [0.05, 0.1) is 18.8 Å². The van der Waals surface area contributed by atoms with Crippen molar-refractivity contribution in [2.24, 2.45) is 0 Å². The standard InChI is InChI=1S/C63H117NO3/c1-3-5-7-9-11-13-15-17-19-21-23-25-26-27-28-29-30-31-32-33-34-35-36-37-38-39-41-43-45-47-49-51-53-55-57-59-63(67)64-61(60-65)62(66)58-56-54-52-50-48-46-44-42-40-24-22-20-18-16-14-12-10-8-6-4-2/h15,17,21,23,26-27,48,50,56,58,61-62,65-66H,3-14,16,18-20,22,24-25,28-47,49,51-55,57,59-60H2,1-2H3,(H,64,67)/b17-15-,23-21-,27-26-,50-48+,58-56+. The molecular formula is C63H117NO3. The van der Waals surface area contributed by atoms with Crippen LogP contribution in [0.4, 0.5) is 0 Å². The molecule has 0 aliphatic rings. The predicted octanol–water partition coefficient (Wildman–Crippen LogP) is 20.0.